The van der Waals surface area contributed by atoms with Gasteiger partial charge in [-0.15, -0.1) is 0 Å². The number of methoxy groups -OCH3 is 1. The van der Waals surface area contributed by atoms with Crippen molar-refractivity contribution in [3.8, 4) is 0 Å². The van der Waals surface area contributed by atoms with Gasteiger partial charge in [0.15, 0.2) is 0 Å². The van der Waals surface area contributed by atoms with Crippen molar-refractivity contribution in [1.82, 2.24) is 15.1 Å². The number of likely N-dealkylation sites (tertiary alicyclic amines) is 2. The van der Waals surface area contributed by atoms with Crippen molar-refractivity contribution < 1.29 is 14.3 Å². The lowest BCUT2D eigenvalue weighted by atomic mass is 9.93. The topological polar surface area (TPSA) is 61.9 Å². The summed E-state index contributed by atoms with van der Waals surface area (Å²) in [7, 11) is 1.37. The maximum atomic E-state index is 12.5. The van der Waals surface area contributed by atoms with Crippen molar-refractivity contribution in [2.75, 3.05) is 46.4 Å². The van der Waals surface area contributed by atoms with Gasteiger partial charge in [-0.05, 0) is 57.3 Å². The normalized spacial score (nSPS) is 21.6. The van der Waals surface area contributed by atoms with E-state index in [2.05, 4.69) is 50.2 Å². The molecule has 2 fully saturated rings. The molecule has 0 bridgehead atoms. The summed E-state index contributed by atoms with van der Waals surface area (Å²) in [4.78, 5) is 28.8. The molecule has 1 aromatic carbocycles. The number of nitrogens with one attached hydrogen (secondary N) is 1. The van der Waals surface area contributed by atoms with Crippen LogP contribution < -0.4 is 5.32 Å². The molecule has 3 rings (SSSR count). The number of esters is 1. The molecule has 160 valence electrons. The van der Waals surface area contributed by atoms with Crippen LogP contribution in [0.5, 0.6) is 0 Å². The molecular weight excluding hydrogens is 366 g/mol. The summed E-state index contributed by atoms with van der Waals surface area (Å²) in [6, 6.07) is 11.3. The van der Waals surface area contributed by atoms with E-state index >= 15 is 0 Å². The zero-order chi connectivity index (χ0) is 20.5. The summed E-state index contributed by atoms with van der Waals surface area (Å²) in [5.74, 6) is -0.161. The number of hydrogen-bond acceptors (Lipinski definition) is 5. The van der Waals surface area contributed by atoms with Crippen LogP contribution in [0.2, 0.25) is 0 Å². The minimum Gasteiger partial charge on any atom is -0.469 e. The number of benzene rings is 1. The quantitative estimate of drug-likeness (QED) is 0.676. The van der Waals surface area contributed by atoms with Crippen LogP contribution in [-0.2, 0) is 20.7 Å². The van der Waals surface area contributed by atoms with Crippen LogP contribution in [-0.4, -0.2) is 74.1 Å². The van der Waals surface area contributed by atoms with E-state index in [1.54, 1.807) is 0 Å². The highest BCUT2D eigenvalue weighted by molar-refractivity contribution is 5.79. The van der Waals surface area contributed by atoms with Crippen molar-refractivity contribution in [3.05, 3.63) is 35.9 Å². The molecule has 2 heterocycles. The molecule has 2 saturated heterocycles. The lowest BCUT2D eigenvalue weighted by Gasteiger charge is -2.42. The molecule has 2 aliphatic heterocycles. The second-order valence-electron chi connectivity index (χ2n) is 8.26. The van der Waals surface area contributed by atoms with Gasteiger partial charge in [0.25, 0.3) is 0 Å². The van der Waals surface area contributed by atoms with Crippen LogP contribution in [0.4, 0.5) is 0 Å². The third-order valence-corrected chi connectivity index (χ3v) is 6.31. The van der Waals surface area contributed by atoms with E-state index in [0.717, 1.165) is 52.0 Å². The van der Waals surface area contributed by atoms with Gasteiger partial charge in [-0.2, -0.15) is 0 Å². The smallest absolute Gasteiger partial charge is 0.307 e. The number of hydrogen-bond donors (Lipinski definition) is 1. The number of carbonyl (C=O) groups is 2. The number of amides is 1. The minimum absolute atomic E-state index is 0.0394. The number of nitrogens with zero attached hydrogens (tertiary/aromatic N) is 2. The molecule has 2 aliphatic rings. The van der Waals surface area contributed by atoms with Crippen molar-refractivity contribution in [3.63, 3.8) is 0 Å². The Balaban J connectivity index is 1.37. The Labute approximate surface area is 174 Å². The molecule has 1 amide bonds. The second kappa shape index (κ2) is 11.3. The molecule has 1 N–H and O–H groups in total. The predicted molar refractivity (Wildman–Crippen MR) is 114 cm³/mol. The van der Waals surface area contributed by atoms with Crippen molar-refractivity contribution in [1.29, 1.82) is 0 Å². The Morgan fingerprint density at radius 3 is 2.59 bits per heavy atom. The first-order chi connectivity index (χ1) is 14.2. The number of piperidine rings is 2. The van der Waals surface area contributed by atoms with Gasteiger partial charge in [-0.1, -0.05) is 30.3 Å². The van der Waals surface area contributed by atoms with Crippen LogP contribution >= 0.6 is 0 Å². The first kappa shape index (κ1) is 21.8. The molecular formula is C23H35N3O3. The van der Waals surface area contributed by atoms with Gasteiger partial charge in [0, 0.05) is 25.7 Å². The Kier molecular flexibility index (Phi) is 8.50. The van der Waals surface area contributed by atoms with Gasteiger partial charge in [-0.25, -0.2) is 0 Å². The number of rotatable bonds is 8. The van der Waals surface area contributed by atoms with E-state index in [-0.39, 0.29) is 24.2 Å². The molecule has 0 saturated carbocycles. The highest BCUT2D eigenvalue weighted by Gasteiger charge is 2.31. The SMILES string of the molecule is COC(=O)CCNC(=O)C1CCCN(C2CCN(CCc3ccccc3)CC2)C1. The monoisotopic (exact) mass is 401 g/mol. The van der Waals surface area contributed by atoms with E-state index in [0.29, 0.717) is 12.6 Å². The summed E-state index contributed by atoms with van der Waals surface area (Å²) < 4.78 is 4.62. The highest BCUT2D eigenvalue weighted by Crippen LogP contribution is 2.24. The highest BCUT2D eigenvalue weighted by atomic mass is 16.5. The van der Waals surface area contributed by atoms with Gasteiger partial charge >= 0.3 is 5.97 Å². The first-order valence-corrected chi connectivity index (χ1v) is 11.0. The standard InChI is InChI=1S/C23H35N3O3/c1-29-22(27)9-13-24-23(28)20-8-5-14-26(18-20)21-11-16-25(17-12-21)15-10-19-6-3-2-4-7-19/h2-4,6-7,20-21H,5,8-18H2,1H3,(H,24,28). The van der Waals surface area contributed by atoms with E-state index in [4.69, 9.17) is 0 Å². The fourth-order valence-corrected chi connectivity index (χ4v) is 4.53. The fraction of sp³-hybridized carbons (Fsp3) is 0.652. The summed E-state index contributed by atoms with van der Waals surface area (Å²) in [5, 5.41) is 2.91. The molecule has 6 nitrogen and oxygen atoms in total. The zero-order valence-corrected chi connectivity index (χ0v) is 17.6. The van der Waals surface area contributed by atoms with Crippen LogP contribution in [0.25, 0.3) is 0 Å². The van der Waals surface area contributed by atoms with Crippen molar-refractivity contribution in [2.24, 2.45) is 5.92 Å². The van der Waals surface area contributed by atoms with E-state index in [1.807, 2.05) is 0 Å². The summed E-state index contributed by atoms with van der Waals surface area (Å²) in [5.41, 5.74) is 1.41. The largest absolute Gasteiger partial charge is 0.469 e. The van der Waals surface area contributed by atoms with Gasteiger partial charge < -0.3 is 15.0 Å². The van der Waals surface area contributed by atoms with Gasteiger partial charge in [0.2, 0.25) is 5.91 Å². The molecule has 0 spiro atoms. The number of ether oxygens (including phenoxy) is 1. The molecule has 0 aliphatic carbocycles. The third kappa shape index (κ3) is 6.82. The molecule has 6 heteroatoms. The third-order valence-electron chi connectivity index (χ3n) is 6.31. The maximum absolute atomic E-state index is 12.5. The van der Waals surface area contributed by atoms with Gasteiger partial charge in [0.1, 0.15) is 0 Å². The molecule has 0 radical (unpaired) electrons. The van der Waals surface area contributed by atoms with E-state index in [9.17, 15) is 9.59 Å². The maximum Gasteiger partial charge on any atom is 0.307 e. The fourth-order valence-electron chi connectivity index (χ4n) is 4.53. The molecule has 1 unspecified atom stereocenters. The first-order valence-electron chi connectivity index (χ1n) is 11.0. The van der Waals surface area contributed by atoms with Crippen LogP contribution in [0.15, 0.2) is 30.3 Å². The second-order valence-corrected chi connectivity index (χ2v) is 8.26. The summed E-state index contributed by atoms with van der Waals surface area (Å²) in [6.45, 7) is 5.72. The summed E-state index contributed by atoms with van der Waals surface area (Å²) in [6.07, 6.45) is 5.74. The van der Waals surface area contributed by atoms with Gasteiger partial charge in [0.05, 0.1) is 19.4 Å². The number of carbonyl (C=O) groups excluding carboxylic acids is 2. The molecule has 1 aromatic rings. The van der Waals surface area contributed by atoms with Crippen molar-refractivity contribution in [2.45, 2.75) is 44.6 Å². The van der Waals surface area contributed by atoms with Gasteiger partial charge in [-0.3, -0.25) is 14.5 Å². The van der Waals surface area contributed by atoms with E-state index < -0.39 is 0 Å². The van der Waals surface area contributed by atoms with Crippen LogP contribution in [0, 0.1) is 5.92 Å². The summed E-state index contributed by atoms with van der Waals surface area (Å²) >= 11 is 0. The molecule has 0 aromatic heterocycles. The lowest BCUT2D eigenvalue weighted by Crippen LogP contribution is -2.51. The van der Waals surface area contributed by atoms with Crippen LogP contribution in [0.3, 0.4) is 0 Å². The predicted octanol–water partition coefficient (Wildman–Crippen LogP) is 2.08. The van der Waals surface area contributed by atoms with Crippen molar-refractivity contribution >= 4 is 11.9 Å². The minimum atomic E-state index is -0.283. The average molecular weight is 402 g/mol. The van der Waals surface area contributed by atoms with Crippen LogP contribution in [0.1, 0.15) is 37.7 Å². The Morgan fingerprint density at radius 1 is 1.10 bits per heavy atom. The Morgan fingerprint density at radius 2 is 1.86 bits per heavy atom. The molecule has 1 atom stereocenters. The Bertz CT molecular complexity index is 644. The van der Waals surface area contributed by atoms with E-state index in [1.165, 1.54) is 25.5 Å². The average Bonchev–Trinajstić information content (AvgIpc) is 2.78. The zero-order valence-electron chi connectivity index (χ0n) is 17.6. The molecule has 29 heavy (non-hydrogen) atoms. The Hall–Kier alpha value is -1.92. The lowest BCUT2D eigenvalue weighted by molar-refractivity contribution is -0.140.